The lowest BCUT2D eigenvalue weighted by Crippen LogP contribution is -2.15. The minimum absolute atomic E-state index is 0.101. The predicted molar refractivity (Wildman–Crippen MR) is 52.0 cm³/mol. The summed E-state index contributed by atoms with van der Waals surface area (Å²) in [4.78, 5) is 10.7. The molecule has 13 heavy (non-hydrogen) atoms. The van der Waals surface area contributed by atoms with Gasteiger partial charge >= 0.3 is 5.97 Å². The van der Waals surface area contributed by atoms with E-state index >= 15 is 0 Å². The van der Waals surface area contributed by atoms with Crippen molar-refractivity contribution in [1.29, 1.82) is 0 Å². The van der Waals surface area contributed by atoms with Crippen LogP contribution >= 0.6 is 0 Å². The van der Waals surface area contributed by atoms with Gasteiger partial charge in [0.1, 0.15) is 5.76 Å². The van der Waals surface area contributed by atoms with E-state index in [9.17, 15) is 4.79 Å². The molecule has 0 saturated carbocycles. The summed E-state index contributed by atoms with van der Waals surface area (Å²) in [6, 6.07) is 0. The standard InChI is InChI=1S/C11H16O2/c1-8-5-10(13-9(2)12)7-11(3,4)6-8/h5-6H,7H2,1-4H3. The molecule has 1 aliphatic rings. The van der Waals surface area contributed by atoms with Crippen molar-refractivity contribution in [3.8, 4) is 0 Å². The molecule has 0 N–H and O–H groups in total. The fourth-order valence-electron chi connectivity index (χ4n) is 1.71. The first kappa shape index (κ1) is 10.0. The third kappa shape index (κ3) is 3.05. The molecule has 0 unspecified atom stereocenters. The molecule has 0 amide bonds. The van der Waals surface area contributed by atoms with E-state index in [4.69, 9.17) is 4.74 Å². The lowest BCUT2D eigenvalue weighted by atomic mass is 9.83. The summed E-state index contributed by atoms with van der Waals surface area (Å²) >= 11 is 0. The predicted octanol–water partition coefficient (Wildman–Crippen LogP) is 2.81. The van der Waals surface area contributed by atoms with Crippen molar-refractivity contribution < 1.29 is 9.53 Å². The van der Waals surface area contributed by atoms with E-state index in [0.717, 1.165) is 17.8 Å². The molecule has 0 fully saturated rings. The van der Waals surface area contributed by atoms with Gasteiger partial charge in [0.15, 0.2) is 0 Å². The highest BCUT2D eigenvalue weighted by Crippen LogP contribution is 2.33. The van der Waals surface area contributed by atoms with E-state index in [1.54, 1.807) is 0 Å². The van der Waals surface area contributed by atoms with Crippen LogP contribution in [0.5, 0.6) is 0 Å². The van der Waals surface area contributed by atoms with Crippen LogP contribution in [0.4, 0.5) is 0 Å². The molecule has 72 valence electrons. The van der Waals surface area contributed by atoms with E-state index in [2.05, 4.69) is 19.9 Å². The van der Waals surface area contributed by atoms with Gasteiger partial charge in [-0.1, -0.05) is 25.5 Å². The number of rotatable bonds is 1. The highest BCUT2D eigenvalue weighted by atomic mass is 16.5. The van der Waals surface area contributed by atoms with Crippen LogP contribution < -0.4 is 0 Å². The number of allylic oxidation sites excluding steroid dienone is 4. The molecule has 0 aromatic carbocycles. The minimum atomic E-state index is -0.239. The summed E-state index contributed by atoms with van der Waals surface area (Å²) in [6.07, 6.45) is 4.91. The Morgan fingerprint density at radius 3 is 2.62 bits per heavy atom. The first-order valence-electron chi connectivity index (χ1n) is 4.47. The number of ether oxygens (including phenoxy) is 1. The first-order valence-corrected chi connectivity index (χ1v) is 4.47. The Kier molecular flexibility index (Phi) is 2.60. The Hall–Kier alpha value is -1.05. The Bertz CT molecular complexity index is 282. The lowest BCUT2D eigenvalue weighted by Gasteiger charge is -2.26. The van der Waals surface area contributed by atoms with E-state index in [1.807, 2.05) is 13.0 Å². The van der Waals surface area contributed by atoms with Crippen molar-refractivity contribution in [1.82, 2.24) is 0 Å². The SMILES string of the molecule is CC(=O)OC1=CC(C)=CC(C)(C)C1. The number of hydrogen-bond acceptors (Lipinski definition) is 2. The zero-order chi connectivity index (χ0) is 10.1. The second-order valence-corrected chi connectivity index (χ2v) is 4.26. The highest BCUT2D eigenvalue weighted by molar-refractivity contribution is 5.67. The van der Waals surface area contributed by atoms with Crippen molar-refractivity contribution in [2.75, 3.05) is 0 Å². The van der Waals surface area contributed by atoms with Gasteiger partial charge in [-0.15, -0.1) is 0 Å². The second-order valence-electron chi connectivity index (χ2n) is 4.26. The number of esters is 1. The molecule has 0 radical (unpaired) electrons. The van der Waals surface area contributed by atoms with Crippen molar-refractivity contribution in [3.05, 3.63) is 23.5 Å². The molecule has 1 rings (SSSR count). The summed E-state index contributed by atoms with van der Waals surface area (Å²) in [5, 5.41) is 0. The molecular weight excluding hydrogens is 164 g/mol. The van der Waals surface area contributed by atoms with Crippen molar-refractivity contribution in [2.24, 2.45) is 5.41 Å². The van der Waals surface area contributed by atoms with Crippen molar-refractivity contribution in [2.45, 2.75) is 34.1 Å². The van der Waals surface area contributed by atoms with E-state index < -0.39 is 0 Å². The van der Waals surface area contributed by atoms with Crippen LogP contribution in [0.3, 0.4) is 0 Å². The monoisotopic (exact) mass is 180 g/mol. The van der Waals surface area contributed by atoms with Gasteiger partial charge in [-0.25, -0.2) is 0 Å². The summed E-state index contributed by atoms with van der Waals surface area (Å²) in [6.45, 7) is 7.71. The molecule has 0 saturated heterocycles. The maximum atomic E-state index is 10.7. The summed E-state index contributed by atoms with van der Waals surface area (Å²) in [5.74, 6) is 0.536. The molecule has 0 atom stereocenters. The number of hydrogen-bond donors (Lipinski definition) is 0. The van der Waals surface area contributed by atoms with Crippen LogP contribution in [-0.4, -0.2) is 5.97 Å². The first-order chi connectivity index (χ1) is 5.89. The smallest absolute Gasteiger partial charge is 0.307 e. The fraction of sp³-hybridized carbons (Fsp3) is 0.545. The van der Waals surface area contributed by atoms with Gasteiger partial charge in [0.25, 0.3) is 0 Å². The topological polar surface area (TPSA) is 26.3 Å². The average Bonchev–Trinajstić information content (AvgIpc) is 1.78. The molecule has 0 aromatic heterocycles. The zero-order valence-electron chi connectivity index (χ0n) is 8.68. The molecule has 1 aliphatic carbocycles. The number of carbonyl (C=O) groups is 1. The highest BCUT2D eigenvalue weighted by Gasteiger charge is 2.22. The molecule has 0 aliphatic heterocycles. The molecule has 2 heteroatoms. The van der Waals surface area contributed by atoms with Gasteiger partial charge in [0, 0.05) is 13.3 Å². The third-order valence-electron chi connectivity index (χ3n) is 1.91. The Morgan fingerprint density at radius 1 is 1.54 bits per heavy atom. The van der Waals surface area contributed by atoms with Crippen LogP contribution in [0.1, 0.15) is 34.1 Å². The molecule has 2 nitrogen and oxygen atoms in total. The molecule has 0 spiro atoms. The molecule has 0 aromatic rings. The maximum absolute atomic E-state index is 10.7. The van der Waals surface area contributed by atoms with Crippen molar-refractivity contribution in [3.63, 3.8) is 0 Å². The van der Waals surface area contributed by atoms with E-state index in [0.29, 0.717) is 0 Å². The molecule has 0 heterocycles. The van der Waals surface area contributed by atoms with Gasteiger partial charge in [-0.05, 0) is 18.4 Å². The maximum Gasteiger partial charge on any atom is 0.307 e. The summed E-state index contributed by atoms with van der Waals surface area (Å²) in [5.41, 5.74) is 1.26. The minimum Gasteiger partial charge on any atom is -0.431 e. The average molecular weight is 180 g/mol. The van der Waals surface area contributed by atoms with Gasteiger partial charge in [0.2, 0.25) is 0 Å². The Labute approximate surface area is 79.3 Å². The van der Waals surface area contributed by atoms with Gasteiger partial charge in [0.05, 0.1) is 0 Å². The third-order valence-corrected chi connectivity index (χ3v) is 1.91. The van der Waals surface area contributed by atoms with Crippen LogP contribution in [-0.2, 0) is 9.53 Å². The van der Waals surface area contributed by atoms with E-state index in [-0.39, 0.29) is 11.4 Å². The quantitative estimate of drug-likeness (QED) is 0.580. The molecule has 0 bridgehead atoms. The molecular formula is C11H16O2. The van der Waals surface area contributed by atoms with Crippen molar-refractivity contribution >= 4 is 5.97 Å². The van der Waals surface area contributed by atoms with Crippen LogP contribution in [0.15, 0.2) is 23.5 Å². The van der Waals surface area contributed by atoms with Crippen LogP contribution in [0.2, 0.25) is 0 Å². The van der Waals surface area contributed by atoms with Gasteiger partial charge < -0.3 is 4.74 Å². The lowest BCUT2D eigenvalue weighted by molar-refractivity contribution is -0.137. The van der Waals surface area contributed by atoms with Gasteiger partial charge in [-0.3, -0.25) is 4.79 Å². The zero-order valence-corrected chi connectivity index (χ0v) is 8.68. The number of carbonyl (C=O) groups excluding carboxylic acids is 1. The largest absolute Gasteiger partial charge is 0.431 e. The second kappa shape index (κ2) is 3.36. The van der Waals surface area contributed by atoms with Crippen LogP contribution in [0.25, 0.3) is 0 Å². The van der Waals surface area contributed by atoms with Crippen LogP contribution in [0, 0.1) is 5.41 Å². The normalized spacial score (nSPS) is 20.3. The van der Waals surface area contributed by atoms with Gasteiger partial charge in [-0.2, -0.15) is 0 Å². The fourth-order valence-corrected chi connectivity index (χ4v) is 1.71. The summed E-state index contributed by atoms with van der Waals surface area (Å²) < 4.78 is 5.08. The van der Waals surface area contributed by atoms with E-state index in [1.165, 1.54) is 6.92 Å². The summed E-state index contributed by atoms with van der Waals surface area (Å²) in [7, 11) is 0. The Balaban J connectivity index is 2.79. The Morgan fingerprint density at radius 2 is 2.15 bits per heavy atom.